The number of hydrogen-bond acceptors (Lipinski definition) is 34. The fourth-order valence-corrected chi connectivity index (χ4v) is 17.5. The van der Waals surface area contributed by atoms with Crippen LogP contribution in [0.1, 0.15) is 103 Å². The molecule has 16 atom stereocenters. The average Bonchev–Trinajstić information content (AvgIpc) is 1.64. The van der Waals surface area contributed by atoms with E-state index in [1.165, 1.54) is 25.3 Å². The number of aliphatic hydroxyl groups is 8. The monoisotopic (exact) mass is 1770 g/mol. The third kappa shape index (κ3) is 28.7. The molecule has 0 bridgehead atoms. The van der Waals surface area contributed by atoms with Gasteiger partial charge in [-0.15, -0.1) is 52.7 Å². The maximum Gasteiger partial charge on any atom is 0.167 e. The lowest BCUT2D eigenvalue weighted by molar-refractivity contribution is -0.0353. The molecule has 4 aliphatic rings. The van der Waals surface area contributed by atoms with Gasteiger partial charge >= 0.3 is 0 Å². The van der Waals surface area contributed by atoms with Crippen LogP contribution in [0, 0.1) is 0 Å². The number of fused-ring (bicyclic) bond motifs is 4. The second-order valence-electron chi connectivity index (χ2n) is 33.4. The zero-order valence-corrected chi connectivity index (χ0v) is 75.8. The van der Waals surface area contributed by atoms with E-state index in [2.05, 4.69) is 173 Å². The van der Waals surface area contributed by atoms with Crippen LogP contribution in [0.5, 0.6) is 0 Å². The van der Waals surface area contributed by atoms with Gasteiger partial charge in [-0.25, -0.2) is 59.8 Å². The Kier molecular flexibility index (Phi) is 38.7. The van der Waals surface area contributed by atoms with Crippen molar-refractivity contribution in [3.8, 4) is 0 Å². The smallest absolute Gasteiger partial charge is 0.167 e. The fraction of sp³-hybridized carbons (Fsp3) is 0.696. The summed E-state index contributed by atoms with van der Waals surface area (Å²) in [4.78, 5) is 51.9. The summed E-state index contributed by atoms with van der Waals surface area (Å²) in [6.07, 6.45) is 27.2. The van der Waals surface area contributed by atoms with Crippen molar-refractivity contribution >= 4 is 121 Å². The fourth-order valence-electron chi connectivity index (χ4n) is 13.7. The lowest BCUT2D eigenvalue weighted by Gasteiger charge is -2.18. The first kappa shape index (κ1) is 98.7. The molecule has 121 heavy (non-hydrogen) atoms. The van der Waals surface area contributed by atoms with E-state index >= 15 is 0 Å². The molecule has 4 aliphatic heterocycles. The number of ether oxygens (including phenoxy) is 9. The summed E-state index contributed by atoms with van der Waals surface area (Å²) in [5.74, 6) is 2.55. The average molecular weight is 1770 g/mol. The van der Waals surface area contributed by atoms with Gasteiger partial charge in [-0.1, -0.05) is 20.3 Å². The van der Waals surface area contributed by atoms with Gasteiger partial charge in [0.1, 0.15) is 74.1 Å². The van der Waals surface area contributed by atoms with E-state index in [1.807, 2.05) is 6.92 Å². The summed E-state index contributed by atoms with van der Waals surface area (Å²) in [7, 11) is 0. The molecule has 14 N–H and O–H groups in total. The Bertz CT molecular complexity index is 4640. The Morgan fingerprint density at radius 3 is 0.851 bits per heavy atom. The van der Waals surface area contributed by atoms with Gasteiger partial charge in [0, 0.05) is 39.4 Å². The molecule has 8 aromatic heterocycles. The van der Waals surface area contributed by atoms with Gasteiger partial charge in [0.15, 0.2) is 92.8 Å². The third-order valence-electron chi connectivity index (χ3n) is 20.4. The maximum absolute atomic E-state index is 10.7. The molecule has 0 amide bonds. The van der Waals surface area contributed by atoms with Gasteiger partial charge in [0.2, 0.25) is 0 Å². The molecule has 0 radical (unpaired) electrons. The van der Waals surface area contributed by atoms with Crippen molar-refractivity contribution in [2.24, 2.45) is 5.73 Å². The predicted octanol–water partition coefficient (Wildman–Crippen LogP) is 4.88. The largest absolute Gasteiger partial charge is 0.388 e. The summed E-state index contributed by atoms with van der Waals surface area (Å²) >= 11 is 0. The van der Waals surface area contributed by atoms with Crippen LogP contribution in [-0.2, 0) is 42.6 Å². The second-order valence-corrected chi connectivity index (χ2v) is 50.7. The van der Waals surface area contributed by atoms with Crippen LogP contribution in [0.4, 0.5) is 23.3 Å². The van der Waals surface area contributed by atoms with Gasteiger partial charge in [0.05, 0.1) is 103 Å². The molecule has 678 valence electrons. The topological polar surface area (TPSA) is 493 Å². The standard InChI is InChI=1S/C28H51N6O8P.C18H30N5O3P.C17H28N5O3P.C16H26N5O3P/c1-43(2,3)19-6-22-24(35)25(36)28(42-22)34-21-33-23-26(31-20-32-27(23)34)30-8-5-10-38-12-14-40-16-18-41-17-15-39-13-11-37-9-4-7-29;1-5-6-8-19-16-13-17(21-10-20-16)23(11-22-13)18-15(25)14(24)12(26-18)7-9-27(2,3)4;1-5-7-18-15-12-16(20-9-19-15)22(10-21-12)17-14(24)13(23)11(25-17)6-8-26(2,3)4;1-5-17-14-11-15(19-8-18-14)21(9-20-11)16-13(23)12(22)10(24-16)6-7-25(2,3)4/h20-22,24-25,28,35-36H,1,4-19,29H2,2-3H3,(H,30,31,32);10-12,14-15,18,24-25H,2,5-9H2,1,3-4H3,(H,19,20,21);9-11,13-14,17,23-24H,2,5-8H2,1,3-4H3,(H,18,19,20);8-10,12-13,16,22-23H,2,5-7H2,1,3-4H3,(H,17,18,19)/t22-,24-,25-,28-;12-,14-,15-,18-;11-,13-,14-,17-;10-,12-,13-,16-/m1111/s1. The highest BCUT2D eigenvalue weighted by atomic mass is 31.2. The van der Waals surface area contributed by atoms with E-state index < -0.39 is 126 Å². The van der Waals surface area contributed by atoms with Crippen molar-refractivity contribution in [1.82, 2.24) is 78.1 Å². The summed E-state index contributed by atoms with van der Waals surface area (Å²) < 4.78 is 58.1. The zero-order valence-electron chi connectivity index (χ0n) is 72.3. The van der Waals surface area contributed by atoms with Crippen LogP contribution in [0.15, 0.2) is 50.6 Å². The molecular formula is C79H135N21O17P4. The van der Waals surface area contributed by atoms with E-state index in [1.54, 1.807) is 43.6 Å². The van der Waals surface area contributed by atoms with Gasteiger partial charge in [-0.05, 0) is 143 Å². The van der Waals surface area contributed by atoms with Crippen molar-refractivity contribution in [3.63, 3.8) is 0 Å². The molecule has 0 saturated carbocycles. The highest BCUT2D eigenvalue weighted by molar-refractivity contribution is 7.73. The molecule has 0 spiro atoms. The number of imidazole rings is 4. The molecule has 4 saturated heterocycles. The third-order valence-corrected chi connectivity index (χ3v) is 26.3. The van der Waals surface area contributed by atoms with Gasteiger partial charge in [0.25, 0.3) is 0 Å². The first-order valence-corrected chi connectivity index (χ1v) is 54.0. The zero-order chi connectivity index (χ0) is 87.6. The number of anilines is 4. The van der Waals surface area contributed by atoms with Crippen molar-refractivity contribution in [3.05, 3.63) is 50.6 Å². The van der Waals surface area contributed by atoms with Crippen molar-refractivity contribution in [2.45, 2.75) is 177 Å². The van der Waals surface area contributed by atoms with Crippen molar-refractivity contribution in [1.29, 1.82) is 0 Å². The first-order valence-electron chi connectivity index (χ1n) is 41.8. The van der Waals surface area contributed by atoms with E-state index in [0.29, 0.717) is 179 Å². The number of aliphatic hydroxyl groups excluding tert-OH is 8. The van der Waals surface area contributed by atoms with Crippen LogP contribution in [-0.4, -0.2) is 394 Å². The number of aromatic nitrogens is 16. The lowest BCUT2D eigenvalue weighted by Crippen LogP contribution is -2.31. The minimum Gasteiger partial charge on any atom is -0.388 e. The Morgan fingerprint density at radius 1 is 0.339 bits per heavy atom. The molecule has 8 aromatic rings. The van der Waals surface area contributed by atoms with Gasteiger partial charge in [-0.3, -0.25) is 18.3 Å². The minimum absolute atomic E-state index is 0.423. The molecule has 0 aromatic carbocycles. The number of hydrogen-bond donors (Lipinski definition) is 13. The van der Waals surface area contributed by atoms with Crippen LogP contribution < -0.4 is 27.0 Å². The lowest BCUT2D eigenvalue weighted by atomic mass is 10.1. The second kappa shape index (κ2) is 47.4. The van der Waals surface area contributed by atoms with Crippen molar-refractivity contribution in [2.75, 3.05) is 198 Å². The first-order chi connectivity index (χ1) is 57.8. The van der Waals surface area contributed by atoms with Gasteiger partial charge in [-0.2, -0.15) is 0 Å². The molecular weight excluding hydrogens is 1640 g/mol. The molecule has 12 rings (SSSR count). The Morgan fingerprint density at radius 2 is 0.595 bits per heavy atom. The summed E-state index contributed by atoms with van der Waals surface area (Å²) in [6.45, 7) is 27.4. The number of nitrogens with one attached hydrogen (secondary N) is 4. The molecule has 12 heterocycles. The van der Waals surface area contributed by atoms with E-state index in [9.17, 15) is 40.9 Å². The van der Waals surface area contributed by atoms with E-state index in [-0.39, 0.29) is 0 Å². The van der Waals surface area contributed by atoms with E-state index in [0.717, 1.165) is 69.8 Å². The van der Waals surface area contributed by atoms with Gasteiger partial charge < -0.3 is 110 Å². The molecule has 0 aliphatic carbocycles. The quantitative estimate of drug-likeness (QED) is 0.0179. The van der Waals surface area contributed by atoms with Crippen molar-refractivity contribution < 1.29 is 83.5 Å². The van der Waals surface area contributed by atoms with E-state index in [4.69, 9.17) is 48.4 Å². The van der Waals surface area contributed by atoms with Crippen LogP contribution in [0.2, 0.25) is 0 Å². The van der Waals surface area contributed by atoms with Crippen LogP contribution in [0.25, 0.3) is 44.7 Å². The number of nitrogens with two attached hydrogens (primary N) is 1. The molecule has 4 fully saturated rings. The highest BCUT2D eigenvalue weighted by Gasteiger charge is 2.48. The Balaban J connectivity index is 0.000000189. The predicted molar refractivity (Wildman–Crippen MR) is 484 cm³/mol. The SMILES string of the molecule is C=P(C)(C)CC[C@H]1O[C@@H](n2cnc3c(NCC)ncnc32)[C@H](O)[C@@H]1O.C=P(C)(C)CC[C@H]1O[C@@H](n2cnc3c(NCCC)ncnc32)[C@H](O)[C@@H]1O.C=P(C)(C)CC[C@H]1O[C@@H](n2cnc3c(NCCCC)ncnc32)[C@H](O)[C@@H]1O.C=P(C)(C)CC[C@H]1O[C@@H](n2cnc3c(NCCCOCCOCCOCCOCCOCCCN)ncnc32)[C@H](O)[C@@H]1O. The Hall–Kier alpha value is -6.12. The van der Waals surface area contributed by atoms with Crippen LogP contribution in [0.3, 0.4) is 0 Å². The minimum atomic E-state index is -1.27. The summed E-state index contributed by atoms with van der Waals surface area (Å²) in [5, 5.41) is 96.9. The Labute approximate surface area is 709 Å². The molecule has 0 unspecified atom stereocenters. The molecule has 42 heteroatoms. The number of unbranched alkanes of at least 4 members (excludes halogenated alkanes) is 1. The molecule has 38 nitrogen and oxygen atoms in total. The van der Waals surface area contributed by atoms with Crippen LogP contribution >= 0.6 is 27.5 Å². The number of nitrogens with zero attached hydrogens (tertiary/aromatic N) is 16. The summed E-state index contributed by atoms with van der Waals surface area (Å²) in [5.41, 5.74) is 10.1. The maximum atomic E-state index is 10.7. The highest BCUT2D eigenvalue weighted by Crippen LogP contribution is 2.45. The number of rotatable bonds is 45. The summed E-state index contributed by atoms with van der Waals surface area (Å²) in [6, 6.07) is 0. The normalized spacial score (nSPS) is 24.5.